The number of esters is 1. The summed E-state index contributed by atoms with van der Waals surface area (Å²) in [6, 6.07) is 16.3. The summed E-state index contributed by atoms with van der Waals surface area (Å²) in [6.07, 6.45) is 0. The summed E-state index contributed by atoms with van der Waals surface area (Å²) in [5.41, 5.74) is -5.00. The first kappa shape index (κ1) is 80.8. The van der Waals surface area contributed by atoms with Crippen LogP contribution in [0.3, 0.4) is 0 Å². The van der Waals surface area contributed by atoms with Crippen molar-refractivity contribution in [1.82, 2.24) is 4.90 Å². The maximum Gasteiger partial charge on any atom is 1.00 e. The number of halogens is 14. The molecule has 0 saturated carbocycles. The van der Waals surface area contributed by atoms with Crippen LogP contribution in [-0.4, -0.2) is 104 Å². The summed E-state index contributed by atoms with van der Waals surface area (Å²) in [6.45, 7) is 0. The van der Waals surface area contributed by atoms with Gasteiger partial charge in [0.1, 0.15) is 54.6 Å². The monoisotopic (exact) mass is 1570 g/mol. The minimum Gasteiger partial charge on any atom is -0.870 e. The average molecular weight is 1570 g/mol. The first-order valence-corrected chi connectivity index (χ1v) is 32.3. The van der Waals surface area contributed by atoms with E-state index >= 15 is 0 Å². The molecule has 524 valence electrons. The number of hydrogen-bond acceptors (Lipinski definition) is 19. The number of rotatable bonds is 10. The third-order valence-corrected chi connectivity index (χ3v) is 15.6. The second-order valence-corrected chi connectivity index (χ2v) is 26.7. The van der Waals surface area contributed by atoms with Gasteiger partial charge < -0.3 is 57.7 Å². The quantitative estimate of drug-likeness (QED) is 0.0123. The third kappa shape index (κ3) is 19.7. The van der Waals surface area contributed by atoms with Crippen LogP contribution in [-0.2, 0) is 20.2 Å². The number of hydrogen-bond donors (Lipinski definition) is 2. The Morgan fingerprint density at radius 3 is 1.19 bits per heavy atom. The molecule has 2 heterocycles. The van der Waals surface area contributed by atoms with E-state index in [-0.39, 0.29) is 140 Å². The minimum atomic E-state index is -10.7. The number of amidine groups is 1. The fourth-order valence-electron chi connectivity index (χ4n) is 8.88. The third-order valence-electron chi connectivity index (χ3n) is 12.8. The molecule has 0 atom stereocenters. The van der Waals surface area contributed by atoms with Gasteiger partial charge in [0.25, 0.3) is 0 Å². The molecule has 23 nitrogen and oxygen atoms in total. The maximum atomic E-state index is 14.4. The Morgan fingerprint density at radius 1 is 0.530 bits per heavy atom. The number of fused-ring (bicyclic) bond motifs is 4. The Morgan fingerprint density at radius 2 is 0.870 bits per heavy atom. The molecule has 0 radical (unpaired) electrons. The van der Waals surface area contributed by atoms with E-state index in [0.29, 0.717) is 18.2 Å². The van der Waals surface area contributed by atoms with Gasteiger partial charge in [0, 0.05) is 45.2 Å². The standard InChI is InChI=1S/C27H12Cl2F2O10S.C21H10F2O7.C11H14Cl2N2O4S.F6P.K/c28-16-4-11(42(37,38)39)5-17(29)25(16)41-27(36)10-1-2-12(13(3-10)26(34)35)24-14-6-18(30)20(32)8-22(14)40-23-9-21(33)19(31)7-15(23)24;22-13-4-11-17(6-15(13)24)30-18-7-16(25)14(23)5-12(18)19(11)9-2-1-8(20(26)27)3-10(9)21(28)29;1-14(2)11(15(3)4)19-10-8(12)5-7(6-9(10)13)20(16,17)18;1-7(2,3,4,5)6;/h1-9,32H,(H,34,35)(H,37,38,39);1-7,24H,(H,26,27)(H,28,29);5-6H,1-4H3;;/q;;;-1;+1/p-4. The number of carboxylic acids is 3. The molecule has 2 aliphatic carbocycles. The zero-order valence-electron chi connectivity index (χ0n) is 50.0. The molecule has 6 aromatic carbocycles. The average Bonchev–Trinajstić information content (AvgIpc) is 0.745. The molecule has 0 spiro atoms. The van der Waals surface area contributed by atoms with Crippen LogP contribution < -0.4 is 87.0 Å². The first-order chi connectivity index (χ1) is 45.3. The molecule has 10 rings (SSSR count). The van der Waals surface area contributed by atoms with Crippen LogP contribution in [0.2, 0.25) is 20.1 Å². The van der Waals surface area contributed by atoms with E-state index < -0.39 is 140 Å². The van der Waals surface area contributed by atoms with E-state index in [1.165, 1.54) is 0 Å². The molecule has 100 heavy (non-hydrogen) atoms. The van der Waals surface area contributed by atoms with Crippen molar-refractivity contribution in [3.63, 3.8) is 0 Å². The van der Waals surface area contributed by atoms with Crippen molar-refractivity contribution < 1.29 is 188 Å². The Bertz CT molecular complexity index is 5360. The fraction of sp³-hybridized carbons (Fsp3) is 0.0678. The van der Waals surface area contributed by atoms with Crippen LogP contribution in [0.25, 0.3) is 66.8 Å². The summed E-state index contributed by atoms with van der Waals surface area (Å²) in [5.74, 6) is -13.6. The van der Waals surface area contributed by atoms with Gasteiger partial charge in [0.15, 0.2) is 23.1 Å². The van der Waals surface area contributed by atoms with Gasteiger partial charge in [-0.2, -0.15) is 0 Å². The van der Waals surface area contributed by atoms with Crippen LogP contribution in [0.15, 0.2) is 137 Å². The Balaban J connectivity index is 0.000000237. The van der Waals surface area contributed by atoms with Gasteiger partial charge in [0.05, 0.1) is 80.7 Å². The van der Waals surface area contributed by atoms with Crippen molar-refractivity contribution in [3.8, 4) is 67.9 Å². The molecule has 0 aromatic heterocycles. The van der Waals surface area contributed by atoms with Crippen molar-refractivity contribution in [2.75, 3.05) is 28.2 Å². The molecular weight excluding hydrogens is 1540 g/mol. The van der Waals surface area contributed by atoms with E-state index in [4.69, 9.17) is 64.7 Å². The summed E-state index contributed by atoms with van der Waals surface area (Å²) < 4.78 is 206. The van der Waals surface area contributed by atoms with Crippen molar-refractivity contribution >= 4 is 126 Å². The van der Waals surface area contributed by atoms with Gasteiger partial charge in [-0.1, -0.05) is 76.1 Å². The number of ether oxygens (including phenoxy) is 2. The van der Waals surface area contributed by atoms with Crippen LogP contribution in [0, 0.1) is 23.3 Å². The number of carboxylic acid groups (broad SMARTS) is 3. The maximum absolute atomic E-state index is 14.4. The fourth-order valence-corrected chi connectivity index (χ4v) is 11.3. The predicted molar refractivity (Wildman–Crippen MR) is 325 cm³/mol. The zero-order valence-corrected chi connectivity index (χ0v) is 58.7. The summed E-state index contributed by atoms with van der Waals surface area (Å²) >= 11 is 23.8. The number of carbonyl (C=O) groups excluding carboxylic acids is 2. The van der Waals surface area contributed by atoms with Gasteiger partial charge in [-0.25, -0.2) is 58.3 Å². The van der Waals surface area contributed by atoms with Crippen LogP contribution in [0.5, 0.6) is 23.0 Å². The largest absolute Gasteiger partial charge is 1.00 e. The van der Waals surface area contributed by atoms with Gasteiger partial charge >= 0.3 is 108 Å². The second kappa shape index (κ2) is 29.4. The smallest absolute Gasteiger partial charge is 0.870 e. The van der Waals surface area contributed by atoms with E-state index in [1.54, 1.807) is 37.7 Å². The second-order valence-electron chi connectivity index (χ2n) is 20.3. The number of benzene rings is 8. The Hall–Kier alpha value is -8.20. The molecule has 2 aliphatic heterocycles. The molecular formula is C59H32Cl4F10KN2O21PS2-4. The SMILES string of the molecule is CN(C)C(Oc1c(Cl)cc(S(=O)(=O)[O-])cc1Cl)=[N+](C)C.F[P-](F)(F)(F)(F)F.O=C(Oc1c(Cl)cc(S(=O)(=O)[O-])cc1Cl)c1ccc(-c2c3cc(F)c(=O)cc-3oc3cc([O-])c(F)cc23)c(C(=O)O)c1.O=C([O-])c1ccc(-c2c3cc(F)c(=O)cc-3oc3cc([O-])c(F)cc23)c(C(=O)O)c1.[K+]. The molecule has 0 saturated heterocycles. The first-order valence-electron chi connectivity index (χ1n) is 26.0. The topological polar surface area (TPSA) is 377 Å². The van der Waals surface area contributed by atoms with E-state index in [9.17, 15) is 123 Å². The van der Waals surface area contributed by atoms with Crippen LogP contribution in [0.4, 0.5) is 42.7 Å². The van der Waals surface area contributed by atoms with Crippen LogP contribution in [0.1, 0.15) is 41.4 Å². The predicted octanol–water partition coefficient (Wildman–Crippen LogP) is 8.88. The minimum absolute atomic E-state index is 0. The van der Waals surface area contributed by atoms with Crippen molar-refractivity contribution in [3.05, 3.63) is 195 Å². The van der Waals surface area contributed by atoms with Crippen molar-refractivity contribution in [2.45, 2.75) is 9.79 Å². The summed E-state index contributed by atoms with van der Waals surface area (Å²) in [4.78, 5) is 72.2. The summed E-state index contributed by atoms with van der Waals surface area (Å²) in [5, 5.41) is 53.0. The molecule has 41 heteroatoms. The van der Waals surface area contributed by atoms with Crippen molar-refractivity contribution in [1.29, 1.82) is 0 Å². The molecule has 0 unspecified atom stereocenters. The van der Waals surface area contributed by atoms with E-state index in [2.05, 4.69) is 0 Å². The van der Waals surface area contributed by atoms with Gasteiger partial charge in [-0.15, -0.1) is 0 Å². The molecule has 0 bridgehead atoms. The summed E-state index contributed by atoms with van der Waals surface area (Å²) in [7, 11) is -13.2. The van der Waals surface area contributed by atoms with E-state index in [1.807, 2.05) is 0 Å². The number of aromatic carboxylic acids is 3. The zero-order chi connectivity index (χ0) is 74.5. The number of nitrogens with zero attached hydrogens (tertiary/aromatic N) is 2. The molecule has 6 aromatic rings. The molecule has 2 N–H and O–H groups in total. The van der Waals surface area contributed by atoms with Gasteiger partial charge in [0.2, 0.25) is 10.9 Å². The van der Waals surface area contributed by atoms with E-state index in [0.717, 1.165) is 97.1 Å². The number of carbonyl (C=O) groups is 4. The molecule has 4 aliphatic rings. The van der Waals surface area contributed by atoms with Crippen molar-refractivity contribution in [2.24, 2.45) is 0 Å². The van der Waals surface area contributed by atoms with Crippen LogP contribution >= 0.6 is 54.2 Å². The Labute approximate surface area is 614 Å². The molecule has 0 fully saturated rings. The van der Waals surface area contributed by atoms with Gasteiger partial charge in [-0.3, -0.25) is 9.59 Å². The molecule has 0 amide bonds. The normalized spacial score (nSPS) is 12.1. The Kier molecular flexibility index (Phi) is 23.7. The van der Waals surface area contributed by atoms with Gasteiger partial charge in [-0.05, 0) is 95.6 Å².